The molecule has 0 radical (unpaired) electrons. The number of hydrogen-bond acceptors (Lipinski definition) is 1. The topological polar surface area (TPSA) is 13.1 Å². The SMILES string of the molecule is CCC1C/C(=C/c2c3ccccc3c(-c3cccc4c3oc3ccc(-c5c6ccccc6c(C6C7CC8CC(C7)CC6C8)c6ccccc56)cc34)c3ccccc23)CC(C)C1. The summed E-state index contributed by atoms with van der Waals surface area (Å²) in [5, 5.41) is 13.3. The average molecular weight is 791 g/mol. The zero-order valence-electron chi connectivity index (χ0n) is 35.6. The van der Waals surface area contributed by atoms with Gasteiger partial charge in [0, 0.05) is 21.9 Å². The second-order valence-electron chi connectivity index (χ2n) is 20.0. The fraction of sp³-hybridized carbons (Fsp3) is 0.300. The van der Waals surface area contributed by atoms with E-state index in [0.717, 1.165) is 52.2 Å². The second kappa shape index (κ2) is 13.9. The fourth-order valence-corrected chi connectivity index (χ4v) is 14.3. The van der Waals surface area contributed by atoms with E-state index >= 15 is 0 Å². The molecule has 0 aliphatic heterocycles. The first-order valence-corrected chi connectivity index (χ1v) is 23.6. The van der Waals surface area contributed by atoms with Crippen molar-refractivity contribution in [1.29, 1.82) is 0 Å². The standard InChI is InChI=1S/C60H54O/c1-3-36-25-35(2)26-37(27-36)33-53-43-13-4-6-15-45(43)58(46-16-7-5-14-44(46)53)52-22-12-21-51-54-34-40(23-24-55(54)61-60(51)52)57-47-17-8-10-19-49(47)59(50-20-11-9-18-48(50)57)56-41-29-38-28-39(31-41)32-42(56)30-38/h4-24,33-36,38-39,41-42,56H,3,25-32H2,1-2H3/b37-33+. The average Bonchev–Trinajstić information content (AvgIpc) is 3.67. The Morgan fingerprint density at radius 1 is 0.525 bits per heavy atom. The van der Waals surface area contributed by atoms with Gasteiger partial charge in [-0.15, -0.1) is 0 Å². The van der Waals surface area contributed by atoms with Crippen molar-refractivity contribution in [1.82, 2.24) is 0 Å². The summed E-state index contributed by atoms with van der Waals surface area (Å²) < 4.78 is 7.03. The van der Waals surface area contributed by atoms with Crippen LogP contribution in [0.4, 0.5) is 0 Å². The lowest BCUT2D eigenvalue weighted by Crippen LogP contribution is -2.43. The number of fused-ring (bicyclic) bond motifs is 7. The van der Waals surface area contributed by atoms with Gasteiger partial charge in [-0.25, -0.2) is 0 Å². The summed E-state index contributed by atoms with van der Waals surface area (Å²) in [7, 11) is 0. The number of para-hydroxylation sites is 1. The molecule has 8 aromatic carbocycles. The molecule has 0 spiro atoms. The molecule has 1 aromatic heterocycles. The summed E-state index contributed by atoms with van der Waals surface area (Å²) >= 11 is 0. The molecule has 5 aliphatic rings. The predicted octanol–water partition coefficient (Wildman–Crippen LogP) is 17.3. The summed E-state index contributed by atoms with van der Waals surface area (Å²) in [5.74, 6) is 5.76. The van der Waals surface area contributed by atoms with E-state index in [0.29, 0.717) is 5.92 Å². The molecule has 61 heavy (non-hydrogen) atoms. The minimum absolute atomic E-state index is 0.664. The Balaban J connectivity index is 0.997. The fourth-order valence-electron chi connectivity index (χ4n) is 14.3. The molecule has 0 N–H and O–H groups in total. The van der Waals surface area contributed by atoms with Gasteiger partial charge >= 0.3 is 0 Å². The van der Waals surface area contributed by atoms with Gasteiger partial charge in [0.2, 0.25) is 0 Å². The second-order valence-corrected chi connectivity index (χ2v) is 20.0. The van der Waals surface area contributed by atoms with Crippen molar-refractivity contribution < 1.29 is 4.42 Å². The molecular weight excluding hydrogens is 737 g/mol. The van der Waals surface area contributed by atoms with Crippen LogP contribution in [0.25, 0.3) is 93.4 Å². The lowest BCUT2D eigenvalue weighted by atomic mass is 9.50. The third kappa shape index (κ3) is 5.58. The Bertz CT molecular complexity index is 3120. The quantitative estimate of drug-likeness (QED) is 0.158. The molecule has 2 unspecified atom stereocenters. The zero-order valence-corrected chi connectivity index (χ0v) is 35.6. The molecule has 1 nitrogen and oxygen atoms in total. The van der Waals surface area contributed by atoms with Crippen molar-refractivity contribution in [3.63, 3.8) is 0 Å². The monoisotopic (exact) mass is 790 g/mol. The highest BCUT2D eigenvalue weighted by atomic mass is 16.3. The van der Waals surface area contributed by atoms with Gasteiger partial charge in [0.25, 0.3) is 0 Å². The van der Waals surface area contributed by atoms with Crippen LogP contribution < -0.4 is 0 Å². The number of rotatable bonds is 5. The highest BCUT2D eigenvalue weighted by Crippen LogP contribution is 2.62. The number of allylic oxidation sites excluding steroid dienone is 1. The van der Waals surface area contributed by atoms with Crippen LogP contribution in [-0.4, -0.2) is 0 Å². The van der Waals surface area contributed by atoms with Crippen LogP contribution in [0.1, 0.15) is 88.7 Å². The molecule has 9 aromatic rings. The Hall–Kier alpha value is -5.66. The Labute approximate surface area is 359 Å². The highest BCUT2D eigenvalue weighted by molar-refractivity contribution is 6.22. The maximum absolute atomic E-state index is 7.03. The molecule has 5 fully saturated rings. The van der Waals surface area contributed by atoms with Gasteiger partial charge in [-0.3, -0.25) is 0 Å². The first kappa shape index (κ1) is 36.0. The van der Waals surface area contributed by atoms with E-state index in [1.165, 1.54) is 134 Å². The van der Waals surface area contributed by atoms with Crippen molar-refractivity contribution in [2.45, 2.75) is 77.6 Å². The molecule has 5 saturated carbocycles. The van der Waals surface area contributed by atoms with Crippen molar-refractivity contribution in [2.75, 3.05) is 0 Å². The van der Waals surface area contributed by atoms with Crippen molar-refractivity contribution in [3.05, 3.63) is 150 Å². The van der Waals surface area contributed by atoms with Gasteiger partial charge in [0.05, 0.1) is 0 Å². The Kier molecular flexibility index (Phi) is 8.23. The van der Waals surface area contributed by atoms with Crippen LogP contribution in [0.3, 0.4) is 0 Å². The maximum atomic E-state index is 7.03. The van der Waals surface area contributed by atoms with Gasteiger partial charge < -0.3 is 4.42 Å². The molecular formula is C60H54O. The van der Waals surface area contributed by atoms with E-state index in [2.05, 4.69) is 153 Å². The van der Waals surface area contributed by atoms with E-state index in [1.807, 2.05) is 0 Å². The lowest BCUT2D eigenvalue weighted by Gasteiger charge is -2.55. The van der Waals surface area contributed by atoms with Crippen molar-refractivity contribution >= 4 is 71.1 Å². The summed E-state index contributed by atoms with van der Waals surface area (Å²) in [6.45, 7) is 4.80. The molecule has 5 aliphatic carbocycles. The van der Waals surface area contributed by atoms with Gasteiger partial charge in [-0.05, 0) is 170 Å². The summed E-state index contributed by atoms with van der Waals surface area (Å²) in [4.78, 5) is 0. The van der Waals surface area contributed by atoms with E-state index in [1.54, 1.807) is 11.1 Å². The number of furan rings is 1. The Morgan fingerprint density at radius 2 is 1.08 bits per heavy atom. The maximum Gasteiger partial charge on any atom is 0.143 e. The molecule has 1 heterocycles. The minimum atomic E-state index is 0.664. The first-order chi connectivity index (χ1) is 30.1. The smallest absolute Gasteiger partial charge is 0.143 e. The molecule has 0 saturated heterocycles. The lowest BCUT2D eigenvalue weighted by molar-refractivity contribution is -0.00185. The normalized spacial score (nSPS) is 25.6. The molecule has 1 heteroatoms. The van der Waals surface area contributed by atoms with E-state index in [-0.39, 0.29) is 0 Å². The molecule has 2 atom stereocenters. The van der Waals surface area contributed by atoms with Gasteiger partial charge in [-0.2, -0.15) is 0 Å². The van der Waals surface area contributed by atoms with Crippen LogP contribution in [0, 0.1) is 35.5 Å². The Morgan fingerprint density at radius 3 is 1.69 bits per heavy atom. The molecule has 0 amide bonds. The van der Waals surface area contributed by atoms with E-state index < -0.39 is 0 Å². The van der Waals surface area contributed by atoms with Crippen LogP contribution in [-0.2, 0) is 0 Å². The first-order valence-electron chi connectivity index (χ1n) is 23.6. The van der Waals surface area contributed by atoms with Crippen molar-refractivity contribution in [2.24, 2.45) is 35.5 Å². The molecule has 4 bridgehead atoms. The predicted molar refractivity (Wildman–Crippen MR) is 259 cm³/mol. The van der Waals surface area contributed by atoms with Crippen molar-refractivity contribution in [3.8, 4) is 22.3 Å². The third-order valence-electron chi connectivity index (χ3n) is 16.4. The number of hydrogen-bond donors (Lipinski definition) is 0. The third-order valence-corrected chi connectivity index (χ3v) is 16.4. The number of benzene rings is 8. The van der Waals surface area contributed by atoms with Crippen LogP contribution in [0.2, 0.25) is 0 Å². The van der Waals surface area contributed by atoms with Gasteiger partial charge in [0.15, 0.2) is 0 Å². The van der Waals surface area contributed by atoms with E-state index in [9.17, 15) is 0 Å². The molecule has 300 valence electrons. The summed E-state index contributed by atoms with van der Waals surface area (Å²) in [6.07, 6.45) is 14.8. The summed E-state index contributed by atoms with van der Waals surface area (Å²) in [6, 6.07) is 50.8. The minimum Gasteiger partial charge on any atom is -0.455 e. The van der Waals surface area contributed by atoms with Gasteiger partial charge in [-0.1, -0.05) is 153 Å². The van der Waals surface area contributed by atoms with Crippen LogP contribution >= 0.6 is 0 Å². The highest BCUT2D eigenvalue weighted by Gasteiger charge is 2.49. The van der Waals surface area contributed by atoms with Gasteiger partial charge in [0.1, 0.15) is 11.2 Å². The van der Waals surface area contributed by atoms with Crippen LogP contribution in [0.15, 0.2) is 143 Å². The molecule has 14 rings (SSSR count). The van der Waals surface area contributed by atoms with Crippen LogP contribution in [0.5, 0.6) is 0 Å². The van der Waals surface area contributed by atoms with E-state index in [4.69, 9.17) is 4.42 Å². The largest absolute Gasteiger partial charge is 0.455 e. The zero-order chi connectivity index (χ0) is 40.3. The summed E-state index contributed by atoms with van der Waals surface area (Å²) in [5.41, 5.74) is 11.6.